The van der Waals surface area contributed by atoms with Crippen LogP contribution < -0.4 is 9.80 Å². The molecule has 1 aromatic heterocycles. The minimum absolute atomic E-state index is 0.443. The lowest BCUT2D eigenvalue weighted by atomic mass is 9.65. The van der Waals surface area contributed by atoms with E-state index in [0.717, 1.165) is 50.7 Å². The predicted molar refractivity (Wildman–Crippen MR) is 277 cm³/mol. The van der Waals surface area contributed by atoms with Crippen LogP contribution in [0.5, 0.6) is 0 Å². The van der Waals surface area contributed by atoms with Crippen LogP contribution in [0.4, 0.5) is 34.1 Å². The molecule has 0 N–H and O–H groups in total. The Labute approximate surface area is 390 Å². The smallest absolute Gasteiger partial charge is 0.144 e. The molecule has 0 unspecified atom stereocenters. The Morgan fingerprint density at radius 2 is 0.776 bits per heavy atom. The highest BCUT2D eigenvalue weighted by Gasteiger charge is 2.57. The number of hydrogen-bond donors (Lipinski definition) is 0. The summed E-state index contributed by atoms with van der Waals surface area (Å²) in [7, 11) is 0. The van der Waals surface area contributed by atoms with Crippen LogP contribution in [0.1, 0.15) is 47.2 Å². The average Bonchev–Trinajstić information content (AvgIpc) is 4.07. The van der Waals surface area contributed by atoms with Gasteiger partial charge in [-0.15, -0.1) is 0 Å². The maximum absolute atomic E-state index is 7.25. The predicted octanol–water partition coefficient (Wildman–Crippen LogP) is 17.2. The van der Waals surface area contributed by atoms with E-state index in [1.165, 1.54) is 72.1 Å². The van der Waals surface area contributed by atoms with Gasteiger partial charge in [0.15, 0.2) is 0 Å². The van der Waals surface area contributed by atoms with E-state index in [1.807, 2.05) is 0 Å². The van der Waals surface area contributed by atoms with Gasteiger partial charge in [-0.2, -0.15) is 0 Å². The molecule has 1 spiro atoms. The summed E-state index contributed by atoms with van der Waals surface area (Å²) in [4.78, 5) is 4.79. The second kappa shape index (κ2) is 14.1. The highest BCUT2D eigenvalue weighted by atomic mass is 16.3. The van der Waals surface area contributed by atoms with Crippen molar-refractivity contribution in [3.05, 3.63) is 264 Å². The first-order chi connectivity index (χ1) is 33.0. The van der Waals surface area contributed by atoms with Gasteiger partial charge in [-0.05, 0) is 140 Å². The number of rotatable bonds is 6. The topological polar surface area (TPSA) is 19.6 Å². The van der Waals surface area contributed by atoms with Crippen LogP contribution >= 0.6 is 0 Å². The maximum atomic E-state index is 7.25. The molecule has 10 aromatic carbocycles. The third-order valence-electron chi connectivity index (χ3n) is 15.0. The van der Waals surface area contributed by atoms with Gasteiger partial charge in [-0.25, -0.2) is 0 Å². The molecule has 0 radical (unpaired) electrons. The first kappa shape index (κ1) is 37.9. The molecule has 0 saturated carbocycles. The van der Waals surface area contributed by atoms with Crippen molar-refractivity contribution in [1.29, 1.82) is 0 Å². The molecule has 316 valence electrons. The first-order valence-electron chi connectivity index (χ1n) is 23.4. The van der Waals surface area contributed by atoms with Crippen LogP contribution in [-0.2, 0) is 10.8 Å². The summed E-state index contributed by atoms with van der Waals surface area (Å²) in [5.41, 5.74) is 22.9. The van der Waals surface area contributed by atoms with Crippen molar-refractivity contribution in [2.75, 3.05) is 9.80 Å². The van der Waals surface area contributed by atoms with E-state index in [0.29, 0.717) is 0 Å². The third kappa shape index (κ3) is 5.11. The molecule has 11 aromatic rings. The van der Waals surface area contributed by atoms with Gasteiger partial charge in [-0.1, -0.05) is 166 Å². The van der Waals surface area contributed by atoms with Crippen LogP contribution in [0.3, 0.4) is 0 Å². The van der Waals surface area contributed by atoms with Crippen molar-refractivity contribution < 1.29 is 4.42 Å². The maximum Gasteiger partial charge on any atom is 0.144 e. The summed E-state index contributed by atoms with van der Waals surface area (Å²) in [6, 6.07) is 84.5. The summed E-state index contributed by atoms with van der Waals surface area (Å²) < 4.78 is 7.25. The Kier molecular flexibility index (Phi) is 7.95. The number of nitrogens with zero attached hydrogens (tertiary/aromatic N) is 2. The second-order valence-corrected chi connectivity index (χ2v) is 18.7. The van der Waals surface area contributed by atoms with Gasteiger partial charge in [0, 0.05) is 55.9 Å². The van der Waals surface area contributed by atoms with Crippen molar-refractivity contribution in [1.82, 2.24) is 0 Å². The fourth-order valence-electron chi connectivity index (χ4n) is 12.4. The Morgan fingerprint density at radius 3 is 1.30 bits per heavy atom. The highest BCUT2D eigenvalue weighted by Crippen LogP contribution is 2.70. The molecule has 3 aliphatic rings. The number of hydrogen-bond acceptors (Lipinski definition) is 3. The molecule has 0 aliphatic heterocycles. The average molecular weight is 857 g/mol. The SMILES string of the molecule is CC1(C)c2cc(N(c3ccccc3)c3ccccc3)ccc2-c2c1c1c(c3c2oc2ccccc23)-c2ccc(N(c3ccccc3)c3ccccc3)cc2C12c1ccccc1-c1ccccc12. The van der Waals surface area contributed by atoms with Crippen molar-refractivity contribution in [3.63, 3.8) is 0 Å². The van der Waals surface area contributed by atoms with E-state index in [2.05, 4.69) is 254 Å². The van der Waals surface area contributed by atoms with Crippen molar-refractivity contribution >= 4 is 56.1 Å². The minimum Gasteiger partial charge on any atom is -0.455 e. The van der Waals surface area contributed by atoms with Gasteiger partial charge in [0.2, 0.25) is 0 Å². The molecule has 0 atom stereocenters. The molecular weight excluding hydrogens is 813 g/mol. The number of anilines is 6. The highest BCUT2D eigenvalue weighted by molar-refractivity contribution is 6.22. The number of fused-ring (bicyclic) bond motifs is 19. The Hall–Kier alpha value is -8.40. The molecule has 0 amide bonds. The standard InChI is InChI=1S/C64H44N2O/c1-63(2)54-39-45(65(41-21-7-3-8-22-41)42-23-9-4-10-24-42)35-37-49(54)59-60(63)61-57(58-51-31-17-20-34-56(51)67-62(58)59)50-38-36-46(66(43-25-11-5-12-26-43)44-27-13-6-14-28-44)40-55(50)64(61)52-32-18-15-29-47(52)48-30-16-19-33-53(48)64/h3-40H,1-2H3. The van der Waals surface area contributed by atoms with E-state index in [1.54, 1.807) is 0 Å². The minimum atomic E-state index is -0.647. The summed E-state index contributed by atoms with van der Waals surface area (Å²) in [5.74, 6) is 0. The van der Waals surface area contributed by atoms with Gasteiger partial charge >= 0.3 is 0 Å². The lowest BCUT2D eigenvalue weighted by molar-refractivity contribution is 0.633. The lowest BCUT2D eigenvalue weighted by Gasteiger charge is -2.36. The molecule has 1 heterocycles. The van der Waals surface area contributed by atoms with E-state index in [4.69, 9.17) is 4.42 Å². The van der Waals surface area contributed by atoms with E-state index in [9.17, 15) is 0 Å². The number of para-hydroxylation sites is 5. The van der Waals surface area contributed by atoms with Gasteiger partial charge in [-0.3, -0.25) is 0 Å². The fraction of sp³-hybridized carbons (Fsp3) is 0.0625. The van der Waals surface area contributed by atoms with E-state index < -0.39 is 10.8 Å². The van der Waals surface area contributed by atoms with Crippen LogP contribution in [0.25, 0.3) is 55.3 Å². The fourth-order valence-corrected chi connectivity index (χ4v) is 12.4. The van der Waals surface area contributed by atoms with E-state index in [-0.39, 0.29) is 0 Å². The van der Waals surface area contributed by atoms with Crippen LogP contribution in [0, 0.1) is 0 Å². The molecule has 0 bridgehead atoms. The van der Waals surface area contributed by atoms with Crippen molar-refractivity contribution in [3.8, 4) is 33.4 Å². The summed E-state index contributed by atoms with van der Waals surface area (Å²) in [5, 5.41) is 2.32. The van der Waals surface area contributed by atoms with Crippen LogP contribution in [0.2, 0.25) is 0 Å². The van der Waals surface area contributed by atoms with Crippen LogP contribution in [0.15, 0.2) is 235 Å². The molecule has 0 fully saturated rings. The zero-order chi connectivity index (χ0) is 44.4. The monoisotopic (exact) mass is 856 g/mol. The zero-order valence-corrected chi connectivity index (χ0v) is 37.2. The molecule has 3 nitrogen and oxygen atoms in total. The normalized spacial score (nSPS) is 14.1. The summed E-state index contributed by atoms with van der Waals surface area (Å²) in [6.07, 6.45) is 0. The lowest BCUT2D eigenvalue weighted by Crippen LogP contribution is -2.30. The Morgan fingerprint density at radius 1 is 0.343 bits per heavy atom. The molecular formula is C64H44N2O. The van der Waals surface area contributed by atoms with Gasteiger partial charge in [0.25, 0.3) is 0 Å². The van der Waals surface area contributed by atoms with Crippen molar-refractivity contribution in [2.24, 2.45) is 0 Å². The Balaban J connectivity index is 1.12. The van der Waals surface area contributed by atoms with Crippen molar-refractivity contribution in [2.45, 2.75) is 24.7 Å². The molecule has 3 heteroatoms. The molecule has 67 heavy (non-hydrogen) atoms. The Bertz CT molecular complexity index is 3650. The van der Waals surface area contributed by atoms with Crippen LogP contribution in [-0.4, -0.2) is 0 Å². The zero-order valence-electron chi connectivity index (χ0n) is 37.2. The van der Waals surface area contributed by atoms with E-state index >= 15 is 0 Å². The second-order valence-electron chi connectivity index (χ2n) is 18.7. The number of benzene rings is 10. The third-order valence-corrected chi connectivity index (χ3v) is 15.0. The largest absolute Gasteiger partial charge is 0.455 e. The first-order valence-corrected chi connectivity index (χ1v) is 23.4. The quantitative estimate of drug-likeness (QED) is 0.166. The molecule has 3 aliphatic carbocycles. The molecule has 0 saturated heterocycles. The van der Waals surface area contributed by atoms with Gasteiger partial charge < -0.3 is 14.2 Å². The summed E-state index contributed by atoms with van der Waals surface area (Å²) in [6.45, 7) is 4.90. The van der Waals surface area contributed by atoms with Gasteiger partial charge in [0.1, 0.15) is 11.2 Å². The number of furan rings is 1. The molecule has 14 rings (SSSR count). The summed E-state index contributed by atoms with van der Waals surface area (Å²) >= 11 is 0. The van der Waals surface area contributed by atoms with Gasteiger partial charge in [0.05, 0.1) is 5.41 Å².